The summed E-state index contributed by atoms with van der Waals surface area (Å²) in [5.41, 5.74) is -1.09. The standard InChI is InChI=1S/C19H20FNO5/c1-19(18(23)24,12-7-5-4-6-8-12)11-21-17(22)13-9-15(25-2)16(26-3)10-14(13)20/h4-10H,11H2,1-3H3,(H,21,22)(H,23,24). The van der Waals surface area contributed by atoms with Gasteiger partial charge in [0, 0.05) is 12.6 Å². The van der Waals surface area contributed by atoms with E-state index in [9.17, 15) is 19.1 Å². The van der Waals surface area contributed by atoms with Crippen LogP contribution in [-0.4, -0.2) is 37.7 Å². The van der Waals surface area contributed by atoms with Crippen molar-refractivity contribution >= 4 is 11.9 Å². The van der Waals surface area contributed by atoms with Crippen molar-refractivity contribution < 1.29 is 28.6 Å². The molecule has 2 aromatic carbocycles. The lowest BCUT2D eigenvalue weighted by atomic mass is 9.82. The van der Waals surface area contributed by atoms with Gasteiger partial charge in [-0.2, -0.15) is 0 Å². The van der Waals surface area contributed by atoms with E-state index < -0.39 is 23.1 Å². The van der Waals surface area contributed by atoms with Crippen molar-refractivity contribution in [3.8, 4) is 11.5 Å². The van der Waals surface area contributed by atoms with Gasteiger partial charge in [-0.15, -0.1) is 0 Å². The van der Waals surface area contributed by atoms with E-state index in [-0.39, 0.29) is 23.6 Å². The van der Waals surface area contributed by atoms with E-state index >= 15 is 0 Å². The van der Waals surface area contributed by atoms with Gasteiger partial charge in [0.2, 0.25) is 0 Å². The fourth-order valence-electron chi connectivity index (χ4n) is 2.49. The largest absolute Gasteiger partial charge is 0.493 e. The maximum atomic E-state index is 14.2. The first-order valence-electron chi connectivity index (χ1n) is 7.82. The molecule has 2 aromatic rings. The molecule has 2 rings (SSSR count). The molecule has 1 unspecified atom stereocenters. The number of halogens is 1. The monoisotopic (exact) mass is 361 g/mol. The van der Waals surface area contributed by atoms with Crippen LogP contribution in [0.2, 0.25) is 0 Å². The molecule has 138 valence electrons. The van der Waals surface area contributed by atoms with Crippen molar-refractivity contribution in [3.05, 3.63) is 59.4 Å². The molecule has 6 nitrogen and oxygen atoms in total. The van der Waals surface area contributed by atoms with Crippen LogP contribution < -0.4 is 14.8 Å². The van der Waals surface area contributed by atoms with Gasteiger partial charge in [0.15, 0.2) is 11.5 Å². The summed E-state index contributed by atoms with van der Waals surface area (Å²) in [5.74, 6) is -2.29. The molecule has 1 atom stereocenters. The molecule has 0 aliphatic carbocycles. The Bertz CT molecular complexity index is 809. The Kier molecular flexibility index (Phi) is 5.82. The van der Waals surface area contributed by atoms with Crippen molar-refractivity contribution in [2.75, 3.05) is 20.8 Å². The van der Waals surface area contributed by atoms with E-state index in [1.807, 2.05) is 0 Å². The van der Waals surface area contributed by atoms with E-state index in [1.54, 1.807) is 30.3 Å². The minimum absolute atomic E-state index is 0.154. The number of rotatable bonds is 7. The van der Waals surface area contributed by atoms with Crippen molar-refractivity contribution in [2.24, 2.45) is 0 Å². The van der Waals surface area contributed by atoms with Crippen molar-refractivity contribution in [1.82, 2.24) is 5.32 Å². The minimum atomic E-state index is -1.36. The SMILES string of the molecule is COc1cc(F)c(C(=O)NCC(C)(C(=O)O)c2ccccc2)cc1OC. The number of aliphatic carboxylic acids is 1. The molecule has 2 N–H and O–H groups in total. The molecule has 0 radical (unpaired) electrons. The number of nitrogens with one attached hydrogen (secondary N) is 1. The molecule has 0 saturated carbocycles. The second kappa shape index (κ2) is 7.86. The summed E-state index contributed by atoms with van der Waals surface area (Å²) in [6.45, 7) is 1.29. The third-order valence-electron chi connectivity index (χ3n) is 4.20. The number of carbonyl (C=O) groups excluding carboxylic acids is 1. The molecule has 0 heterocycles. The van der Waals surface area contributed by atoms with Crippen LogP contribution >= 0.6 is 0 Å². The summed E-state index contributed by atoms with van der Waals surface area (Å²) in [6, 6.07) is 10.8. The molecule has 0 saturated heterocycles. The Balaban J connectivity index is 2.26. The quantitative estimate of drug-likeness (QED) is 0.792. The van der Waals surface area contributed by atoms with Gasteiger partial charge in [-0.25, -0.2) is 4.39 Å². The van der Waals surface area contributed by atoms with Gasteiger partial charge >= 0.3 is 5.97 Å². The van der Waals surface area contributed by atoms with Gasteiger partial charge < -0.3 is 19.9 Å². The molecule has 1 amide bonds. The minimum Gasteiger partial charge on any atom is -0.493 e. The fourth-order valence-corrected chi connectivity index (χ4v) is 2.49. The molecule has 0 aliphatic heterocycles. The first-order valence-corrected chi connectivity index (χ1v) is 7.82. The molecule has 0 fully saturated rings. The lowest BCUT2D eigenvalue weighted by Crippen LogP contribution is -2.44. The smallest absolute Gasteiger partial charge is 0.315 e. The Morgan fingerprint density at radius 3 is 2.23 bits per heavy atom. The molecule has 0 aromatic heterocycles. The summed E-state index contributed by atoms with van der Waals surface area (Å²) in [7, 11) is 2.73. The Labute approximate surface area is 150 Å². The van der Waals surface area contributed by atoms with Crippen LogP contribution in [-0.2, 0) is 10.2 Å². The van der Waals surface area contributed by atoms with Crippen molar-refractivity contribution in [2.45, 2.75) is 12.3 Å². The second-order valence-corrected chi connectivity index (χ2v) is 5.87. The lowest BCUT2D eigenvalue weighted by molar-refractivity contribution is -0.142. The number of methoxy groups -OCH3 is 2. The highest BCUT2D eigenvalue weighted by atomic mass is 19.1. The Hall–Kier alpha value is -3.09. The first-order chi connectivity index (χ1) is 12.3. The van der Waals surface area contributed by atoms with Crippen LogP contribution in [0, 0.1) is 5.82 Å². The zero-order chi connectivity index (χ0) is 19.3. The molecule has 26 heavy (non-hydrogen) atoms. The predicted molar refractivity (Wildman–Crippen MR) is 93.3 cm³/mol. The summed E-state index contributed by atoms with van der Waals surface area (Å²) in [4.78, 5) is 24.2. The third kappa shape index (κ3) is 3.77. The van der Waals surface area contributed by atoms with Crippen LogP contribution in [0.1, 0.15) is 22.8 Å². The fraction of sp³-hybridized carbons (Fsp3) is 0.263. The Morgan fingerprint density at radius 1 is 1.12 bits per heavy atom. The Morgan fingerprint density at radius 2 is 1.69 bits per heavy atom. The molecule has 0 bridgehead atoms. The average molecular weight is 361 g/mol. The summed E-state index contributed by atoms with van der Waals surface area (Å²) >= 11 is 0. The van der Waals surface area contributed by atoms with Crippen molar-refractivity contribution in [3.63, 3.8) is 0 Å². The second-order valence-electron chi connectivity index (χ2n) is 5.87. The van der Waals surface area contributed by atoms with Crippen LogP contribution in [0.4, 0.5) is 4.39 Å². The van der Waals surface area contributed by atoms with E-state index in [1.165, 1.54) is 27.2 Å². The van der Waals surface area contributed by atoms with Gasteiger partial charge in [0.1, 0.15) is 11.2 Å². The average Bonchev–Trinajstić information content (AvgIpc) is 2.65. The molecule has 0 spiro atoms. The van der Waals surface area contributed by atoms with Gasteiger partial charge in [-0.3, -0.25) is 9.59 Å². The van der Waals surface area contributed by atoms with E-state index in [2.05, 4.69) is 5.32 Å². The molecule has 0 aliphatic rings. The first kappa shape index (κ1) is 19.2. The maximum absolute atomic E-state index is 14.2. The van der Waals surface area contributed by atoms with E-state index in [0.29, 0.717) is 5.56 Å². The van der Waals surface area contributed by atoms with Gasteiger partial charge in [-0.05, 0) is 18.6 Å². The molecular formula is C19H20FNO5. The summed E-state index contributed by atoms with van der Waals surface area (Å²) in [6.07, 6.45) is 0. The number of carboxylic acids is 1. The highest BCUT2D eigenvalue weighted by Gasteiger charge is 2.35. The number of hydrogen-bond donors (Lipinski definition) is 2. The summed E-state index contributed by atoms with van der Waals surface area (Å²) < 4.78 is 24.2. The zero-order valence-corrected chi connectivity index (χ0v) is 14.7. The number of hydrogen-bond acceptors (Lipinski definition) is 4. The van der Waals surface area contributed by atoms with E-state index in [0.717, 1.165) is 6.07 Å². The van der Waals surface area contributed by atoms with E-state index in [4.69, 9.17) is 9.47 Å². The highest BCUT2D eigenvalue weighted by molar-refractivity contribution is 5.95. The van der Waals surface area contributed by atoms with Crippen LogP contribution in [0.15, 0.2) is 42.5 Å². The predicted octanol–water partition coefficient (Wildman–Crippen LogP) is 2.62. The summed E-state index contributed by atoms with van der Waals surface area (Å²) in [5, 5.41) is 12.1. The number of ether oxygens (including phenoxy) is 2. The lowest BCUT2D eigenvalue weighted by Gasteiger charge is -2.25. The molecule has 7 heteroatoms. The highest BCUT2D eigenvalue weighted by Crippen LogP contribution is 2.30. The third-order valence-corrected chi connectivity index (χ3v) is 4.20. The van der Waals surface area contributed by atoms with Gasteiger partial charge in [-0.1, -0.05) is 30.3 Å². The number of carboxylic acid groups (broad SMARTS) is 1. The number of amides is 1. The van der Waals surface area contributed by atoms with Gasteiger partial charge in [0.25, 0.3) is 5.91 Å². The van der Waals surface area contributed by atoms with Crippen LogP contribution in [0.25, 0.3) is 0 Å². The number of benzene rings is 2. The number of carbonyl (C=O) groups is 2. The zero-order valence-electron chi connectivity index (χ0n) is 14.7. The normalized spacial score (nSPS) is 12.8. The van der Waals surface area contributed by atoms with Gasteiger partial charge in [0.05, 0.1) is 19.8 Å². The van der Waals surface area contributed by atoms with Crippen molar-refractivity contribution in [1.29, 1.82) is 0 Å². The van der Waals surface area contributed by atoms with Crippen LogP contribution in [0.3, 0.4) is 0 Å². The topological polar surface area (TPSA) is 84.9 Å². The maximum Gasteiger partial charge on any atom is 0.315 e. The molecular weight excluding hydrogens is 341 g/mol. The van der Waals surface area contributed by atoms with Crippen LogP contribution in [0.5, 0.6) is 11.5 Å².